The van der Waals surface area contributed by atoms with Gasteiger partial charge in [-0.2, -0.15) is 5.26 Å². The molecule has 0 spiro atoms. The van der Waals surface area contributed by atoms with E-state index < -0.39 is 0 Å². The van der Waals surface area contributed by atoms with Crippen LogP contribution >= 0.6 is 0 Å². The molecule has 0 aliphatic carbocycles. The summed E-state index contributed by atoms with van der Waals surface area (Å²) in [4.78, 5) is 2.32. The summed E-state index contributed by atoms with van der Waals surface area (Å²) in [6.07, 6.45) is 1.16. The van der Waals surface area contributed by atoms with Crippen molar-refractivity contribution >= 4 is 16.5 Å². The predicted octanol–water partition coefficient (Wildman–Crippen LogP) is 4.58. The summed E-state index contributed by atoms with van der Waals surface area (Å²) in [7, 11) is 2.14. The summed E-state index contributed by atoms with van der Waals surface area (Å²) >= 11 is 0. The molecule has 0 radical (unpaired) electrons. The van der Waals surface area contributed by atoms with Crippen molar-refractivity contribution in [2.45, 2.75) is 33.2 Å². The Labute approximate surface area is 121 Å². The highest BCUT2D eigenvalue weighted by Crippen LogP contribution is 2.30. The zero-order valence-corrected chi connectivity index (χ0v) is 12.7. The SMILES string of the molecule is CC(C)CC(C)N(C)c1ccc(C#N)c2ccccc12. The van der Waals surface area contributed by atoms with Crippen molar-refractivity contribution in [3.05, 3.63) is 42.0 Å². The smallest absolute Gasteiger partial charge is 0.0998 e. The average molecular weight is 266 g/mol. The molecule has 0 bridgehead atoms. The topological polar surface area (TPSA) is 27.0 Å². The van der Waals surface area contributed by atoms with Gasteiger partial charge in [0.15, 0.2) is 0 Å². The Kier molecular flexibility index (Phi) is 4.29. The fourth-order valence-corrected chi connectivity index (χ4v) is 2.77. The minimum absolute atomic E-state index is 0.478. The standard InChI is InChI=1S/C18H22N2/c1-13(2)11-14(3)20(4)18-10-9-15(12-19)16-7-5-6-8-17(16)18/h5-10,13-14H,11H2,1-4H3. The quantitative estimate of drug-likeness (QED) is 0.809. The molecule has 0 heterocycles. The van der Waals surface area contributed by atoms with Crippen LogP contribution in [-0.4, -0.2) is 13.1 Å². The van der Waals surface area contributed by atoms with Gasteiger partial charge in [0.1, 0.15) is 0 Å². The van der Waals surface area contributed by atoms with Crippen LogP contribution in [0.3, 0.4) is 0 Å². The lowest BCUT2D eigenvalue weighted by molar-refractivity contribution is 0.504. The van der Waals surface area contributed by atoms with Gasteiger partial charge in [0.05, 0.1) is 11.6 Å². The molecule has 2 nitrogen and oxygen atoms in total. The van der Waals surface area contributed by atoms with E-state index in [0.29, 0.717) is 12.0 Å². The molecular weight excluding hydrogens is 244 g/mol. The summed E-state index contributed by atoms with van der Waals surface area (Å²) < 4.78 is 0. The predicted molar refractivity (Wildman–Crippen MR) is 86.0 cm³/mol. The van der Waals surface area contributed by atoms with Crippen LogP contribution in [0.25, 0.3) is 10.8 Å². The van der Waals surface area contributed by atoms with Crippen molar-refractivity contribution in [2.75, 3.05) is 11.9 Å². The second-order valence-corrected chi connectivity index (χ2v) is 5.88. The number of benzene rings is 2. The van der Waals surface area contributed by atoms with E-state index in [2.05, 4.69) is 50.9 Å². The molecule has 2 rings (SSSR count). The van der Waals surface area contributed by atoms with Crippen molar-refractivity contribution < 1.29 is 0 Å². The van der Waals surface area contributed by atoms with Crippen molar-refractivity contribution in [1.29, 1.82) is 5.26 Å². The van der Waals surface area contributed by atoms with Gasteiger partial charge in [-0.15, -0.1) is 0 Å². The molecule has 104 valence electrons. The van der Waals surface area contributed by atoms with Gasteiger partial charge in [-0.3, -0.25) is 0 Å². The Morgan fingerprint density at radius 2 is 1.70 bits per heavy atom. The lowest BCUT2D eigenvalue weighted by Gasteiger charge is -2.29. The zero-order chi connectivity index (χ0) is 14.7. The third kappa shape index (κ3) is 2.77. The van der Waals surface area contributed by atoms with Crippen LogP contribution in [0.4, 0.5) is 5.69 Å². The van der Waals surface area contributed by atoms with Gasteiger partial charge in [0, 0.05) is 29.5 Å². The second kappa shape index (κ2) is 5.96. The highest BCUT2D eigenvalue weighted by molar-refractivity contribution is 5.97. The van der Waals surface area contributed by atoms with E-state index in [-0.39, 0.29) is 0 Å². The van der Waals surface area contributed by atoms with Gasteiger partial charge in [-0.05, 0) is 31.4 Å². The molecule has 0 saturated carbocycles. The molecule has 1 unspecified atom stereocenters. The molecule has 0 amide bonds. The molecule has 0 aliphatic rings. The van der Waals surface area contributed by atoms with Crippen molar-refractivity contribution in [2.24, 2.45) is 5.92 Å². The van der Waals surface area contributed by atoms with Crippen LogP contribution < -0.4 is 4.90 Å². The summed E-state index contributed by atoms with van der Waals surface area (Å²) in [5, 5.41) is 11.4. The summed E-state index contributed by atoms with van der Waals surface area (Å²) in [6.45, 7) is 6.76. The van der Waals surface area contributed by atoms with Gasteiger partial charge in [-0.1, -0.05) is 38.1 Å². The summed E-state index contributed by atoms with van der Waals surface area (Å²) in [6, 6.07) is 14.9. The Bertz CT molecular complexity index is 637. The molecule has 2 aromatic carbocycles. The van der Waals surface area contributed by atoms with Crippen molar-refractivity contribution in [3.63, 3.8) is 0 Å². The first kappa shape index (κ1) is 14.4. The molecule has 2 aromatic rings. The average Bonchev–Trinajstić information content (AvgIpc) is 2.44. The number of fused-ring (bicyclic) bond motifs is 1. The maximum atomic E-state index is 9.23. The Hall–Kier alpha value is -2.01. The van der Waals surface area contributed by atoms with Gasteiger partial charge in [0.2, 0.25) is 0 Å². The second-order valence-electron chi connectivity index (χ2n) is 5.88. The fraction of sp³-hybridized carbons (Fsp3) is 0.389. The maximum absolute atomic E-state index is 9.23. The number of hydrogen-bond donors (Lipinski definition) is 0. The number of hydrogen-bond acceptors (Lipinski definition) is 2. The van der Waals surface area contributed by atoms with Crippen LogP contribution in [0.15, 0.2) is 36.4 Å². The Morgan fingerprint density at radius 3 is 2.30 bits per heavy atom. The van der Waals surface area contributed by atoms with Gasteiger partial charge >= 0.3 is 0 Å². The molecule has 0 N–H and O–H groups in total. The number of nitriles is 1. The largest absolute Gasteiger partial charge is 0.371 e. The Balaban J connectivity index is 2.48. The minimum atomic E-state index is 0.478. The third-order valence-corrected chi connectivity index (χ3v) is 3.88. The zero-order valence-electron chi connectivity index (χ0n) is 12.7. The lowest BCUT2D eigenvalue weighted by Crippen LogP contribution is -2.30. The molecule has 0 aromatic heterocycles. The van der Waals surface area contributed by atoms with Crippen LogP contribution in [-0.2, 0) is 0 Å². The van der Waals surface area contributed by atoms with Crippen molar-refractivity contribution in [1.82, 2.24) is 0 Å². The number of nitrogens with zero attached hydrogens (tertiary/aromatic N) is 2. The van der Waals surface area contributed by atoms with Gasteiger partial charge in [0.25, 0.3) is 0 Å². The van der Waals surface area contributed by atoms with E-state index in [1.807, 2.05) is 24.3 Å². The minimum Gasteiger partial charge on any atom is -0.371 e. The molecule has 1 atom stereocenters. The van der Waals surface area contributed by atoms with E-state index in [1.54, 1.807) is 0 Å². The lowest BCUT2D eigenvalue weighted by atomic mass is 10.00. The highest BCUT2D eigenvalue weighted by atomic mass is 15.1. The van der Waals surface area contributed by atoms with E-state index in [9.17, 15) is 5.26 Å². The van der Waals surface area contributed by atoms with E-state index in [1.165, 1.54) is 5.69 Å². The van der Waals surface area contributed by atoms with E-state index >= 15 is 0 Å². The maximum Gasteiger partial charge on any atom is 0.0998 e. The van der Waals surface area contributed by atoms with Crippen molar-refractivity contribution in [3.8, 4) is 6.07 Å². The van der Waals surface area contributed by atoms with Crippen LogP contribution in [0.5, 0.6) is 0 Å². The monoisotopic (exact) mass is 266 g/mol. The van der Waals surface area contributed by atoms with Gasteiger partial charge in [-0.25, -0.2) is 0 Å². The number of anilines is 1. The normalized spacial score (nSPS) is 12.4. The van der Waals surface area contributed by atoms with Crippen LogP contribution in [0.2, 0.25) is 0 Å². The Morgan fingerprint density at radius 1 is 1.05 bits per heavy atom. The first-order valence-corrected chi connectivity index (χ1v) is 7.19. The molecule has 0 aliphatic heterocycles. The van der Waals surface area contributed by atoms with Gasteiger partial charge < -0.3 is 4.90 Å². The fourth-order valence-electron chi connectivity index (χ4n) is 2.77. The summed E-state index contributed by atoms with van der Waals surface area (Å²) in [5.41, 5.74) is 1.95. The number of rotatable bonds is 4. The van der Waals surface area contributed by atoms with Crippen LogP contribution in [0.1, 0.15) is 32.8 Å². The van der Waals surface area contributed by atoms with E-state index in [4.69, 9.17) is 0 Å². The molecule has 2 heteroatoms. The van der Waals surface area contributed by atoms with E-state index in [0.717, 1.165) is 22.8 Å². The third-order valence-electron chi connectivity index (χ3n) is 3.88. The molecule has 20 heavy (non-hydrogen) atoms. The molecule has 0 fully saturated rings. The first-order valence-electron chi connectivity index (χ1n) is 7.19. The molecular formula is C18H22N2. The molecule has 0 saturated heterocycles. The first-order chi connectivity index (χ1) is 9.54. The summed E-state index contributed by atoms with van der Waals surface area (Å²) in [5.74, 6) is 0.678. The highest BCUT2D eigenvalue weighted by Gasteiger charge is 2.15. The van der Waals surface area contributed by atoms with Crippen LogP contribution in [0, 0.1) is 17.2 Å².